The first kappa shape index (κ1) is 20.9. The smallest absolute Gasteiger partial charge is 0.348 e. The van der Waals surface area contributed by atoms with Gasteiger partial charge in [0.2, 0.25) is 5.78 Å². The summed E-state index contributed by atoms with van der Waals surface area (Å²) in [6.07, 6.45) is 0. The molecular weight excluding hydrogens is 467 g/mol. The van der Waals surface area contributed by atoms with Gasteiger partial charge in [-0.15, -0.1) is 11.3 Å². The Kier molecular flexibility index (Phi) is 5.84. The molecule has 0 amide bonds. The lowest BCUT2D eigenvalue weighted by molar-refractivity contribution is 0.0479. The average Bonchev–Trinajstić information content (AvgIpc) is 3.29. The number of Topliss-reactive ketones (excluding diaryl/α,β-unsaturated/α-hetero) is 1. The van der Waals surface area contributed by atoms with E-state index in [0.717, 1.165) is 15.9 Å². The molecular formula is C21H13Cl3N2O3S. The lowest BCUT2D eigenvalue weighted by atomic mass is 10.1. The van der Waals surface area contributed by atoms with E-state index in [4.69, 9.17) is 39.5 Å². The number of hydrogen-bond donors (Lipinski definition) is 0. The van der Waals surface area contributed by atoms with Gasteiger partial charge in [0.1, 0.15) is 9.71 Å². The Morgan fingerprint density at radius 3 is 2.60 bits per heavy atom. The highest BCUT2D eigenvalue weighted by atomic mass is 35.5. The van der Waals surface area contributed by atoms with Gasteiger partial charge in [-0.2, -0.15) is 5.10 Å². The first-order chi connectivity index (χ1) is 14.3. The normalized spacial score (nSPS) is 11.1. The fraction of sp³-hybridized carbons (Fsp3) is 0.0952. The molecule has 0 radical (unpaired) electrons. The number of carbonyl (C=O) groups excluding carboxylic acids is 2. The van der Waals surface area contributed by atoms with E-state index in [1.54, 1.807) is 22.9 Å². The van der Waals surface area contributed by atoms with Crippen molar-refractivity contribution in [3.05, 3.63) is 79.7 Å². The van der Waals surface area contributed by atoms with E-state index in [1.165, 1.54) is 23.5 Å². The summed E-state index contributed by atoms with van der Waals surface area (Å²) in [4.78, 5) is 26.0. The Balaban J connectivity index is 1.57. The van der Waals surface area contributed by atoms with Crippen molar-refractivity contribution in [1.82, 2.24) is 9.78 Å². The zero-order valence-electron chi connectivity index (χ0n) is 15.5. The molecule has 0 saturated carbocycles. The van der Waals surface area contributed by atoms with Gasteiger partial charge in [0.05, 0.1) is 21.4 Å². The van der Waals surface area contributed by atoms with E-state index >= 15 is 0 Å². The molecule has 0 aliphatic rings. The largest absolute Gasteiger partial charge is 0.453 e. The maximum absolute atomic E-state index is 12.5. The Labute approximate surface area is 190 Å². The number of para-hydroxylation sites is 1. The number of benzene rings is 2. The lowest BCUT2D eigenvalue weighted by Crippen LogP contribution is -2.14. The van der Waals surface area contributed by atoms with Crippen molar-refractivity contribution in [1.29, 1.82) is 0 Å². The van der Waals surface area contributed by atoms with Gasteiger partial charge in [-0.25, -0.2) is 9.48 Å². The molecule has 5 nitrogen and oxygen atoms in total. The Bertz CT molecular complexity index is 1300. The van der Waals surface area contributed by atoms with Crippen molar-refractivity contribution in [3.63, 3.8) is 0 Å². The van der Waals surface area contributed by atoms with Crippen LogP contribution in [0.15, 0.2) is 48.5 Å². The van der Waals surface area contributed by atoms with Crippen LogP contribution in [0, 0.1) is 6.92 Å². The van der Waals surface area contributed by atoms with E-state index in [9.17, 15) is 9.59 Å². The van der Waals surface area contributed by atoms with Crippen molar-refractivity contribution >= 4 is 68.1 Å². The molecule has 0 spiro atoms. The highest BCUT2D eigenvalue weighted by molar-refractivity contribution is 7.20. The standard InChI is InChI=1S/C21H13Cl3N2O3S/c1-11-13-9-19(30-20(13)26(25-11)17-5-3-2-4-16(17)24)21(28)29-10-18(27)14-8-12(22)6-7-15(14)23/h2-9H,10H2,1H3. The van der Waals surface area contributed by atoms with Crippen LogP contribution in [0.25, 0.3) is 15.9 Å². The third-order valence-electron chi connectivity index (χ3n) is 4.39. The maximum atomic E-state index is 12.5. The monoisotopic (exact) mass is 478 g/mol. The van der Waals surface area contributed by atoms with E-state index in [2.05, 4.69) is 5.10 Å². The molecule has 0 atom stereocenters. The van der Waals surface area contributed by atoms with Crippen molar-refractivity contribution in [2.24, 2.45) is 0 Å². The molecule has 30 heavy (non-hydrogen) atoms. The van der Waals surface area contributed by atoms with Crippen molar-refractivity contribution in [3.8, 4) is 5.69 Å². The number of nitrogens with zero attached hydrogens (tertiary/aromatic N) is 2. The molecule has 0 aliphatic carbocycles. The van der Waals surface area contributed by atoms with Crippen LogP contribution < -0.4 is 0 Å². The number of fused-ring (bicyclic) bond motifs is 1. The summed E-state index contributed by atoms with van der Waals surface area (Å²) in [5.74, 6) is -1.04. The highest BCUT2D eigenvalue weighted by Gasteiger charge is 2.20. The first-order valence-electron chi connectivity index (χ1n) is 8.74. The van der Waals surface area contributed by atoms with E-state index < -0.39 is 18.4 Å². The van der Waals surface area contributed by atoms with Crippen LogP contribution in [0.1, 0.15) is 25.7 Å². The van der Waals surface area contributed by atoms with Gasteiger partial charge in [-0.3, -0.25) is 4.79 Å². The topological polar surface area (TPSA) is 61.2 Å². The second-order valence-corrected chi connectivity index (χ2v) is 8.68. The van der Waals surface area contributed by atoms with Crippen LogP contribution in [-0.4, -0.2) is 28.1 Å². The van der Waals surface area contributed by atoms with Crippen LogP contribution >= 0.6 is 46.1 Å². The van der Waals surface area contributed by atoms with Crippen LogP contribution in [-0.2, 0) is 4.74 Å². The van der Waals surface area contributed by atoms with Crippen LogP contribution in [0.3, 0.4) is 0 Å². The summed E-state index contributed by atoms with van der Waals surface area (Å²) in [6, 6.07) is 13.6. The van der Waals surface area contributed by atoms with Crippen LogP contribution in [0.4, 0.5) is 0 Å². The van der Waals surface area contributed by atoms with Crippen LogP contribution in [0.5, 0.6) is 0 Å². The molecule has 0 N–H and O–H groups in total. The molecule has 152 valence electrons. The van der Waals surface area contributed by atoms with Gasteiger partial charge in [0.15, 0.2) is 6.61 Å². The van der Waals surface area contributed by atoms with Gasteiger partial charge < -0.3 is 4.74 Å². The molecule has 0 saturated heterocycles. The fourth-order valence-corrected chi connectivity index (χ4v) is 4.61. The number of aryl methyl sites for hydroxylation is 1. The molecule has 9 heteroatoms. The number of hydrogen-bond acceptors (Lipinski definition) is 5. The number of halogens is 3. The highest BCUT2D eigenvalue weighted by Crippen LogP contribution is 2.32. The predicted octanol–water partition coefficient (Wildman–Crippen LogP) is 6.40. The zero-order valence-corrected chi connectivity index (χ0v) is 18.6. The van der Waals surface area contributed by atoms with Gasteiger partial charge in [0.25, 0.3) is 0 Å². The Morgan fingerprint density at radius 2 is 1.83 bits per heavy atom. The van der Waals surface area contributed by atoms with Gasteiger partial charge in [-0.1, -0.05) is 46.9 Å². The predicted molar refractivity (Wildman–Crippen MR) is 120 cm³/mol. The Hall–Kier alpha value is -2.38. The van der Waals surface area contributed by atoms with Crippen molar-refractivity contribution in [2.45, 2.75) is 6.92 Å². The third kappa shape index (κ3) is 3.96. The van der Waals surface area contributed by atoms with E-state index in [0.29, 0.717) is 20.6 Å². The summed E-state index contributed by atoms with van der Waals surface area (Å²) in [5.41, 5.74) is 1.67. The molecule has 2 aromatic carbocycles. The van der Waals surface area contributed by atoms with Gasteiger partial charge in [0, 0.05) is 16.0 Å². The molecule has 0 unspecified atom stereocenters. The minimum absolute atomic E-state index is 0.207. The van der Waals surface area contributed by atoms with Crippen molar-refractivity contribution < 1.29 is 14.3 Å². The number of ketones is 1. The summed E-state index contributed by atoms with van der Waals surface area (Å²) in [7, 11) is 0. The molecule has 2 aromatic heterocycles. The second kappa shape index (κ2) is 8.40. The number of carbonyl (C=O) groups is 2. The van der Waals surface area contributed by atoms with E-state index in [1.807, 2.05) is 25.1 Å². The Morgan fingerprint density at radius 1 is 1.07 bits per heavy atom. The summed E-state index contributed by atoms with van der Waals surface area (Å²) in [5, 5.41) is 6.50. The third-order valence-corrected chi connectivity index (χ3v) is 6.36. The zero-order chi connectivity index (χ0) is 21.4. The first-order valence-corrected chi connectivity index (χ1v) is 10.7. The molecule has 4 aromatic rings. The van der Waals surface area contributed by atoms with E-state index in [-0.39, 0.29) is 10.6 Å². The molecule has 0 fully saturated rings. The molecule has 2 heterocycles. The summed E-state index contributed by atoms with van der Waals surface area (Å²) in [6.45, 7) is 1.41. The molecule has 0 bridgehead atoms. The molecule has 4 rings (SSSR count). The number of thiophene rings is 1. The quantitative estimate of drug-likeness (QED) is 0.246. The SMILES string of the molecule is Cc1nn(-c2ccccc2Cl)c2sc(C(=O)OCC(=O)c3cc(Cl)ccc3Cl)cc12. The fourth-order valence-electron chi connectivity index (χ4n) is 2.93. The second-order valence-electron chi connectivity index (χ2n) is 6.40. The minimum atomic E-state index is -0.604. The number of ether oxygens (including phenoxy) is 1. The van der Waals surface area contributed by atoms with Gasteiger partial charge >= 0.3 is 5.97 Å². The summed E-state index contributed by atoms with van der Waals surface area (Å²) >= 11 is 19.5. The van der Waals surface area contributed by atoms with Crippen LogP contribution in [0.2, 0.25) is 15.1 Å². The molecule has 0 aliphatic heterocycles. The number of aromatic nitrogens is 2. The number of esters is 1. The summed E-state index contributed by atoms with van der Waals surface area (Å²) < 4.78 is 6.91. The van der Waals surface area contributed by atoms with Crippen molar-refractivity contribution in [2.75, 3.05) is 6.61 Å². The van der Waals surface area contributed by atoms with Gasteiger partial charge in [-0.05, 0) is 43.3 Å². The average molecular weight is 480 g/mol. The minimum Gasteiger partial charge on any atom is -0.453 e. The lowest BCUT2D eigenvalue weighted by Gasteiger charge is -2.06. The number of rotatable bonds is 5. The maximum Gasteiger partial charge on any atom is 0.348 e.